The van der Waals surface area contributed by atoms with Crippen LogP contribution >= 0.6 is 15.9 Å². The fourth-order valence-corrected chi connectivity index (χ4v) is 2.94. The summed E-state index contributed by atoms with van der Waals surface area (Å²) in [5.41, 5.74) is 5.76. The molecule has 3 rings (SSSR count). The van der Waals surface area contributed by atoms with Gasteiger partial charge in [0.1, 0.15) is 17.4 Å². The molecule has 2 aromatic heterocycles. The normalized spacial score (nSPS) is 13.0. The Morgan fingerprint density at radius 2 is 2.20 bits per heavy atom. The highest BCUT2D eigenvalue weighted by Crippen LogP contribution is 2.31. The Morgan fingerprint density at radius 1 is 1.40 bits per heavy atom. The van der Waals surface area contributed by atoms with Gasteiger partial charge in [0.25, 0.3) is 0 Å². The summed E-state index contributed by atoms with van der Waals surface area (Å²) in [7, 11) is 1.87. The van der Waals surface area contributed by atoms with Gasteiger partial charge < -0.3 is 4.42 Å². The van der Waals surface area contributed by atoms with Crippen molar-refractivity contribution in [1.29, 1.82) is 0 Å². The number of nitrogens with one attached hydrogen (secondary N) is 1. The van der Waals surface area contributed by atoms with Crippen molar-refractivity contribution in [2.75, 3.05) is 0 Å². The molecule has 2 heterocycles. The largest absolute Gasteiger partial charge is 0.459 e. The minimum absolute atomic E-state index is 0.260. The monoisotopic (exact) mass is 334 g/mol. The molecule has 5 nitrogen and oxygen atoms in total. The zero-order valence-corrected chi connectivity index (χ0v) is 12.8. The molecular weight excluding hydrogens is 320 g/mol. The van der Waals surface area contributed by atoms with Crippen LogP contribution in [0, 0.1) is 6.92 Å². The third kappa shape index (κ3) is 2.15. The van der Waals surface area contributed by atoms with Crippen molar-refractivity contribution in [3.8, 4) is 0 Å². The van der Waals surface area contributed by atoms with Crippen LogP contribution in [-0.4, -0.2) is 9.78 Å². The predicted octanol–water partition coefficient (Wildman–Crippen LogP) is 2.79. The van der Waals surface area contributed by atoms with Crippen LogP contribution in [0.4, 0.5) is 0 Å². The molecule has 104 valence electrons. The van der Waals surface area contributed by atoms with E-state index in [1.165, 1.54) is 5.56 Å². The molecule has 0 radical (unpaired) electrons. The fraction of sp³-hybridized carbons (Fsp3) is 0.214. The first-order valence-corrected chi connectivity index (χ1v) is 7.03. The summed E-state index contributed by atoms with van der Waals surface area (Å²) in [5.74, 6) is 6.48. The van der Waals surface area contributed by atoms with E-state index in [-0.39, 0.29) is 6.04 Å². The van der Waals surface area contributed by atoms with Gasteiger partial charge in [-0.2, -0.15) is 5.10 Å². The average Bonchev–Trinajstić information content (AvgIpc) is 2.97. The van der Waals surface area contributed by atoms with E-state index in [1.807, 2.05) is 25.2 Å². The van der Waals surface area contributed by atoms with E-state index in [9.17, 15) is 0 Å². The standard InChI is InChI=1S/C14H15BrN4O/c1-8-3-4-11-9(5-8)6-12(20-11)13(18-16)14-10(15)7-17-19(14)2/h3-7,13,18H,16H2,1-2H3. The molecule has 0 fully saturated rings. The Bertz CT molecular complexity index is 742. The van der Waals surface area contributed by atoms with E-state index in [4.69, 9.17) is 10.3 Å². The van der Waals surface area contributed by atoms with Crippen molar-refractivity contribution in [2.24, 2.45) is 12.9 Å². The van der Waals surface area contributed by atoms with Gasteiger partial charge in [-0.1, -0.05) is 11.6 Å². The van der Waals surface area contributed by atoms with Gasteiger partial charge in [-0.15, -0.1) is 0 Å². The summed E-state index contributed by atoms with van der Waals surface area (Å²) < 4.78 is 8.56. The van der Waals surface area contributed by atoms with Gasteiger partial charge in [0.05, 0.1) is 16.4 Å². The number of nitrogens with two attached hydrogens (primary N) is 1. The molecule has 3 N–H and O–H groups in total. The van der Waals surface area contributed by atoms with Crippen molar-refractivity contribution in [3.05, 3.63) is 52.0 Å². The predicted molar refractivity (Wildman–Crippen MR) is 81.0 cm³/mol. The molecule has 0 aliphatic heterocycles. The van der Waals surface area contributed by atoms with Gasteiger partial charge in [0.2, 0.25) is 0 Å². The van der Waals surface area contributed by atoms with Crippen LogP contribution in [0.2, 0.25) is 0 Å². The van der Waals surface area contributed by atoms with Crippen molar-refractivity contribution in [2.45, 2.75) is 13.0 Å². The zero-order valence-electron chi connectivity index (χ0n) is 11.2. The van der Waals surface area contributed by atoms with Crippen molar-refractivity contribution >= 4 is 26.9 Å². The molecule has 0 amide bonds. The van der Waals surface area contributed by atoms with Gasteiger partial charge in [0.15, 0.2) is 0 Å². The Labute approximate surface area is 124 Å². The highest BCUT2D eigenvalue weighted by molar-refractivity contribution is 9.10. The lowest BCUT2D eigenvalue weighted by Crippen LogP contribution is -2.30. The van der Waals surface area contributed by atoms with Crippen LogP contribution in [0.25, 0.3) is 11.0 Å². The minimum atomic E-state index is -0.260. The second kappa shape index (κ2) is 5.05. The molecule has 6 heteroatoms. The summed E-state index contributed by atoms with van der Waals surface area (Å²) in [5, 5.41) is 5.28. The molecule has 0 aliphatic carbocycles. The number of fused-ring (bicyclic) bond motifs is 1. The highest BCUT2D eigenvalue weighted by atomic mass is 79.9. The number of hydrazine groups is 1. The van der Waals surface area contributed by atoms with Crippen LogP contribution in [-0.2, 0) is 7.05 Å². The van der Waals surface area contributed by atoms with Crippen LogP contribution in [0.5, 0.6) is 0 Å². The quantitative estimate of drug-likeness (QED) is 0.570. The number of rotatable bonds is 3. The minimum Gasteiger partial charge on any atom is -0.459 e. The molecule has 3 aromatic rings. The zero-order chi connectivity index (χ0) is 14.3. The smallest absolute Gasteiger partial charge is 0.134 e. The first-order valence-electron chi connectivity index (χ1n) is 6.24. The fourth-order valence-electron chi connectivity index (χ4n) is 2.37. The number of benzene rings is 1. The average molecular weight is 335 g/mol. The van der Waals surface area contributed by atoms with Gasteiger partial charge in [-0.3, -0.25) is 10.5 Å². The maximum absolute atomic E-state index is 5.91. The van der Waals surface area contributed by atoms with Crippen molar-refractivity contribution in [3.63, 3.8) is 0 Å². The van der Waals surface area contributed by atoms with Crippen molar-refractivity contribution < 1.29 is 4.42 Å². The first kappa shape index (κ1) is 13.4. The lowest BCUT2D eigenvalue weighted by Gasteiger charge is -2.14. The van der Waals surface area contributed by atoms with E-state index >= 15 is 0 Å². The second-order valence-corrected chi connectivity index (χ2v) is 5.65. The molecule has 1 unspecified atom stereocenters. The molecule has 0 spiro atoms. The SMILES string of the molecule is Cc1ccc2oc(C(NN)c3c(Br)cnn3C)cc2c1. The maximum atomic E-state index is 5.91. The first-order chi connectivity index (χ1) is 9.60. The maximum Gasteiger partial charge on any atom is 0.134 e. The molecule has 20 heavy (non-hydrogen) atoms. The summed E-state index contributed by atoms with van der Waals surface area (Å²) in [4.78, 5) is 0. The van der Waals surface area contributed by atoms with Gasteiger partial charge in [-0.05, 0) is 41.1 Å². The van der Waals surface area contributed by atoms with E-state index < -0.39 is 0 Å². The summed E-state index contributed by atoms with van der Waals surface area (Å²) in [6.45, 7) is 2.06. The molecule has 0 saturated carbocycles. The Morgan fingerprint density at radius 3 is 2.85 bits per heavy atom. The molecule has 1 atom stereocenters. The second-order valence-electron chi connectivity index (χ2n) is 4.79. The summed E-state index contributed by atoms with van der Waals surface area (Å²) >= 11 is 3.49. The molecule has 0 aliphatic rings. The summed E-state index contributed by atoms with van der Waals surface area (Å²) in [6.07, 6.45) is 1.74. The highest BCUT2D eigenvalue weighted by Gasteiger charge is 2.23. The molecule has 0 saturated heterocycles. The van der Waals surface area contributed by atoms with Crippen molar-refractivity contribution in [1.82, 2.24) is 15.2 Å². The van der Waals surface area contributed by atoms with E-state index in [1.54, 1.807) is 10.9 Å². The molecular formula is C14H15BrN4O. The van der Waals surface area contributed by atoms with E-state index in [0.29, 0.717) is 0 Å². The van der Waals surface area contributed by atoms with Crippen LogP contribution < -0.4 is 11.3 Å². The topological polar surface area (TPSA) is 69.0 Å². The third-order valence-electron chi connectivity index (χ3n) is 3.35. The number of aromatic nitrogens is 2. The number of hydrogen-bond donors (Lipinski definition) is 2. The summed E-state index contributed by atoms with van der Waals surface area (Å²) in [6, 6.07) is 7.84. The lowest BCUT2D eigenvalue weighted by atomic mass is 10.1. The van der Waals surface area contributed by atoms with Gasteiger partial charge in [0, 0.05) is 12.4 Å². The number of aryl methyl sites for hydroxylation is 2. The number of nitrogens with zero attached hydrogens (tertiary/aromatic N) is 2. The Hall–Kier alpha value is -1.63. The molecule has 0 bridgehead atoms. The van der Waals surface area contributed by atoms with E-state index in [2.05, 4.69) is 39.4 Å². The Balaban J connectivity index is 2.12. The lowest BCUT2D eigenvalue weighted by molar-refractivity contribution is 0.458. The van der Waals surface area contributed by atoms with Crippen LogP contribution in [0.3, 0.4) is 0 Å². The number of hydrogen-bond acceptors (Lipinski definition) is 4. The third-order valence-corrected chi connectivity index (χ3v) is 3.96. The van der Waals surface area contributed by atoms with Crippen LogP contribution in [0.1, 0.15) is 23.1 Å². The van der Waals surface area contributed by atoms with Gasteiger partial charge in [-0.25, -0.2) is 5.43 Å². The van der Waals surface area contributed by atoms with E-state index in [0.717, 1.165) is 26.9 Å². The number of furan rings is 1. The van der Waals surface area contributed by atoms with Gasteiger partial charge >= 0.3 is 0 Å². The van der Waals surface area contributed by atoms with Crippen LogP contribution in [0.15, 0.2) is 39.4 Å². The molecule has 1 aromatic carbocycles. The Kier molecular flexibility index (Phi) is 3.37. The number of halogens is 1.